The Balaban J connectivity index is 2.45. The van der Waals surface area contributed by atoms with Crippen molar-refractivity contribution >= 4 is 5.78 Å². The Bertz CT molecular complexity index is 412. The summed E-state index contributed by atoms with van der Waals surface area (Å²) in [6.07, 6.45) is 1.79. The summed E-state index contributed by atoms with van der Waals surface area (Å²) in [5.41, 5.74) is 2.26. The third kappa shape index (κ3) is 1.52. The third-order valence-electron chi connectivity index (χ3n) is 3.51. The molecule has 1 heteroatoms. The standard InChI is InChI=1S/C14H16O/c1-10-9-12(15)13(14(10,2)3)11-7-5-4-6-8-11/h4-9,13H,1-3H3. The molecule has 1 aromatic carbocycles. The van der Waals surface area contributed by atoms with Gasteiger partial charge < -0.3 is 0 Å². The largest absolute Gasteiger partial charge is 0.294 e. The van der Waals surface area contributed by atoms with Gasteiger partial charge in [-0.2, -0.15) is 0 Å². The molecule has 0 bridgehead atoms. The van der Waals surface area contributed by atoms with E-state index >= 15 is 0 Å². The average molecular weight is 200 g/mol. The Morgan fingerprint density at radius 1 is 1.13 bits per heavy atom. The molecule has 1 nitrogen and oxygen atoms in total. The molecule has 1 atom stereocenters. The number of ketones is 1. The third-order valence-corrected chi connectivity index (χ3v) is 3.51. The van der Waals surface area contributed by atoms with E-state index < -0.39 is 0 Å². The molecule has 78 valence electrons. The van der Waals surface area contributed by atoms with Crippen LogP contribution in [0.2, 0.25) is 0 Å². The fraction of sp³-hybridized carbons (Fsp3) is 0.357. The predicted octanol–water partition coefficient (Wildman–Crippen LogP) is 3.33. The maximum absolute atomic E-state index is 11.9. The monoisotopic (exact) mass is 200 g/mol. The lowest BCUT2D eigenvalue weighted by Crippen LogP contribution is -2.22. The van der Waals surface area contributed by atoms with Crippen molar-refractivity contribution in [1.29, 1.82) is 0 Å². The Hall–Kier alpha value is -1.37. The molecule has 2 rings (SSSR count). The zero-order valence-electron chi connectivity index (χ0n) is 9.45. The highest BCUT2D eigenvalue weighted by molar-refractivity contribution is 6.00. The first kappa shape index (κ1) is 10.2. The average Bonchev–Trinajstić information content (AvgIpc) is 2.37. The molecule has 0 aromatic heterocycles. The molecule has 1 aromatic rings. The van der Waals surface area contributed by atoms with Crippen LogP contribution in [0.25, 0.3) is 0 Å². The first-order valence-electron chi connectivity index (χ1n) is 5.31. The van der Waals surface area contributed by atoms with E-state index in [4.69, 9.17) is 0 Å². The van der Waals surface area contributed by atoms with E-state index in [9.17, 15) is 4.79 Å². The van der Waals surface area contributed by atoms with Crippen molar-refractivity contribution in [2.24, 2.45) is 5.41 Å². The van der Waals surface area contributed by atoms with Gasteiger partial charge in [0.15, 0.2) is 5.78 Å². The minimum absolute atomic E-state index is 0.00120. The van der Waals surface area contributed by atoms with Crippen molar-refractivity contribution in [3.63, 3.8) is 0 Å². The van der Waals surface area contributed by atoms with Gasteiger partial charge >= 0.3 is 0 Å². The smallest absolute Gasteiger partial charge is 0.163 e. The van der Waals surface area contributed by atoms with Crippen LogP contribution in [0.5, 0.6) is 0 Å². The minimum Gasteiger partial charge on any atom is -0.294 e. The van der Waals surface area contributed by atoms with Crippen LogP contribution in [0, 0.1) is 5.41 Å². The van der Waals surface area contributed by atoms with Gasteiger partial charge in [0.1, 0.15) is 0 Å². The first-order chi connectivity index (χ1) is 7.03. The van der Waals surface area contributed by atoms with Gasteiger partial charge in [0, 0.05) is 0 Å². The van der Waals surface area contributed by atoms with Crippen LogP contribution < -0.4 is 0 Å². The molecule has 0 saturated carbocycles. The van der Waals surface area contributed by atoms with Crippen LogP contribution in [-0.2, 0) is 4.79 Å². The van der Waals surface area contributed by atoms with E-state index in [1.54, 1.807) is 6.08 Å². The summed E-state index contributed by atoms with van der Waals surface area (Å²) in [5.74, 6) is 0.238. The second-order valence-electron chi connectivity index (χ2n) is 4.80. The predicted molar refractivity (Wildman–Crippen MR) is 61.7 cm³/mol. The summed E-state index contributed by atoms with van der Waals surface area (Å²) in [4.78, 5) is 11.9. The maximum atomic E-state index is 11.9. The first-order valence-corrected chi connectivity index (χ1v) is 5.31. The number of carbonyl (C=O) groups excluding carboxylic acids is 1. The van der Waals surface area contributed by atoms with Gasteiger partial charge in [-0.25, -0.2) is 0 Å². The Morgan fingerprint density at radius 3 is 2.20 bits per heavy atom. The number of hydrogen-bond donors (Lipinski definition) is 0. The number of carbonyl (C=O) groups is 1. The lowest BCUT2D eigenvalue weighted by molar-refractivity contribution is -0.116. The van der Waals surface area contributed by atoms with Gasteiger partial charge in [0.05, 0.1) is 5.92 Å². The second kappa shape index (κ2) is 3.34. The van der Waals surface area contributed by atoms with Gasteiger partial charge in [0.2, 0.25) is 0 Å². The van der Waals surface area contributed by atoms with Gasteiger partial charge in [-0.3, -0.25) is 4.79 Å². The fourth-order valence-corrected chi connectivity index (χ4v) is 2.29. The molecule has 0 fully saturated rings. The number of benzene rings is 1. The zero-order valence-corrected chi connectivity index (χ0v) is 9.45. The lowest BCUT2D eigenvalue weighted by atomic mass is 9.74. The normalized spacial score (nSPS) is 24.1. The van der Waals surface area contributed by atoms with Gasteiger partial charge in [-0.15, -0.1) is 0 Å². The molecule has 1 unspecified atom stereocenters. The Morgan fingerprint density at radius 2 is 1.73 bits per heavy atom. The molecule has 0 amide bonds. The van der Waals surface area contributed by atoms with Crippen molar-refractivity contribution in [2.45, 2.75) is 26.7 Å². The molecule has 1 aliphatic carbocycles. The van der Waals surface area contributed by atoms with E-state index in [0.717, 1.165) is 5.56 Å². The zero-order chi connectivity index (χ0) is 11.1. The van der Waals surface area contributed by atoms with Crippen LogP contribution in [0.1, 0.15) is 32.3 Å². The van der Waals surface area contributed by atoms with Crippen molar-refractivity contribution in [3.8, 4) is 0 Å². The van der Waals surface area contributed by atoms with Crippen LogP contribution in [0.15, 0.2) is 42.0 Å². The highest BCUT2D eigenvalue weighted by Crippen LogP contribution is 2.46. The molecular weight excluding hydrogens is 184 g/mol. The van der Waals surface area contributed by atoms with Gasteiger partial charge in [-0.05, 0) is 24.0 Å². The van der Waals surface area contributed by atoms with Crippen LogP contribution in [-0.4, -0.2) is 5.78 Å². The van der Waals surface area contributed by atoms with E-state index in [0.29, 0.717) is 0 Å². The van der Waals surface area contributed by atoms with Crippen molar-refractivity contribution in [1.82, 2.24) is 0 Å². The Kier molecular flexibility index (Phi) is 2.26. The summed E-state index contributed by atoms with van der Waals surface area (Å²) < 4.78 is 0. The van der Waals surface area contributed by atoms with Crippen LogP contribution in [0.4, 0.5) is 0 Å². The molecule has 1 aliphatic rings. The highest BCUT2D eigenvalue weighted by atomic mass is 16.1. The number of hydrogen-bond acceptors (Lipinski definition) is 1. The summed E-state index contributed by atoms with van der Waals surface area (Å²) in [7, 11) is 0. The molecule has 0 radical (unpaired) electrons. The van der Waals surface area contributed by atoms with Gasteiger partial charge in [-0.1, -0.05) is 49.8 Å². The molecule has 0 aliphatic heterocycles. The van der Waals surface area contributed by atoms with E-state index in [-0.39, 0.29) is 17.1 Å². The summed E-state index contributed by atoms with van der Waals surface area (Å²) >= 11 is 0. The molecule has 0 saturated heterocycles. The number of rotatable bonds is 1. The van der Waals surface area contributed by atoms with Crippen molar-refractivity contribution < 1.29 is 4.79 Å². The van der Waals surface area contributed by atoms with Gasteiger partial charge in [0.25, 0.3) is 0 Å². The van der Waals surface area contributed by atoms with Crippen LogP contribution >= 0.6 is 0 Å². The molecule has 0 spiro atoms. The summed E-state index contributed by atoms with van der Waals surface area (Å²) in [6, 6.07) is 10.0. The van der Waals surface area contributed by atoms with Crippen molar-refractivity contribution in [2.75, 3.05) is 0 Å². The second-order valence-corrected chi connectivity index (χ2v) is 4.80. The van der Waals surface area contributed by atoms with E-state index in [2.05, 4.69) is 13.8 Å². The summed E-state index contributed by atoms with van der Waals surface area (Å²) in [6.45, 7) is 6.32. The van der Waals surface area contributed by atoms with E-state index in [1.165, 1.54) is 5.57 Å². The molecule has 15 heavy (non-hydrogen) atoms. The fourth-order valence-electron chi connectivity index (χ4n) is 2.29. The van der Waals surface area contributed by atoms with Crippen molar-refractivity contribution in [3.05, 3.63) is 47.5 Å². The SMILES string of the molecule is CC1=CC(=O)C(c2ccccc2)C1(C)C. The minimum atomic E-state index is -0.0432. The number of allylic oxidation sites excluding steroid dienone is 2. The molecular formula is C14H16O. The quantitative estimate of drug-likeness (QED) is 0.679. The lowest BCUT2D eigenvalue weighted by Gasteiger charge is -2.28. The van der Waals surface area contributed by atoms with E-state index in [1.807, 2.05) is 37.3 Å². The Labute approximate surface area is 90.8 Å². The molecule has 0 N–H and O–H groups in total. The van der Waals surface area contributed by atoms with Crippen LogP contribution in [0.3, 0.4) is 0 Å². The maximum Gasteiger partial charge on any atom is 0.163 e. The molecule has 0 heterocycles. The topological polar surface area (TPSA) is 17.1 Å². The highest BCUT2D eigenvalue weighted by Gasteiger charge is 2.41. The summed E-state index contributed by atoms with van der Waals surface area (Å²) in [5, 5.41) is 0.